The summed E-state index contributed by atoms with van der Waals surface area (Å²) < 4.78 is 11.0. The van der Waals surface area contributed by atoms with Crippen LogP contribution in [-0.4, -0.2) is 26.7 Å². The van der Waals surface area contributed by atoms with Gasteiger partial charge in [-0.3, -0.25) is 0 Å². The molecule has 19 heavy (non-hydrogen) atoms. The van der Waals surface area contributed by atoms with Crippen molar-refractivity contribution in [3.63, 3.8) is 0 Å². The van der Waals surface area contributed by atoms with Crippen molar-refractivity contribution < 1.29 is 9.47 Å². The van der Waals surface area contributed by atoms with Gasteiger partial charge in [-0.25, -0.2) is 0 Å². The predicted molar refractivity (Wildman–Crippen MR) is 81.7 cm³/mol. The largest absolute Gasteiger partial charge is 0.382 e. The Hall–Kier alpha value is -1.21. The Kier molecular flexibility index (Phi) is 5.53. The number of methoxy groups -OCH3 is 2. The normalized spacial score (nSPS) is 12.6. The van der Waals surface area contributed by atoms with Gasteiger partial charge in [-0.2, -0.15) is 0 Å². The second kappa shape index (κ2) is 7.40. The zero-order valence-corrected chi connectivity index (χ0v) is 12.2. The fraction of sp³-hybridized carbons (Fsp3) is 0.250. The van der Waals surface area contributed by atoms with E-state index < -0.39 is 7.92 Å². The number of rotatable bonds is 6. The second-order valence-electron chi connectivity index (χ2n) is 4.19. The maximum Gasteiger partial charge on any atom is 0.108 e. The van der Waals surface area contributed by atoms with Gasteiger partial charge < -0.3 is 9.47 Å². The average molecular weight is 274 g/mol. The Morgan fingerprint density at radius 1 is 0.842 bits per heavy atom. The summed E-state index contributed by atoms with van der Waals surface area (Å²) in [4.78, 5) is 0. The maximum absolute atomic E-state index is 5.67. The van der Waals surface area contributed by atoms with Gasteiger partial charge >= 0.3 is 0 Å². The Labute approximate surface area is 116 Å². The molecule has 1 atom stereocenters. The number of benzene rings is 2. The lowest BCUT2D eigenvalue weighted by Crippen LogP contribution is -2.26. The molecule has 0 heterocycles. The third-order valence-electron chi connectivity index (χ3n) is 2.94. The first-order valence-corrected chi connectivity index (χ1v) is 7.69. The fourth-order valence-electron chi connectivity index (χ4n) is 2.05. The average Bonchev–Trinajstić information content (AvgIpc) is 2.49. The topological polar surface area (TPSA) is 18.5 Å². The highest BCUT2D eigenvalue weighted by molar-refractivity contribution is 7.73. The molecule has 0 aliphatic rings. The highest BCUT2D eigenvalue weighted by Gasteiger charge is 2.24. The Balaban J connectivity index is 2.38. The molecule has 3 heteroatoms. The van der Waals surface area contributed by atoms with Gasteiger partial charge in [-0.1, -0.05) is 60.7 Å². The van der Waals surface area contributed by atoms with E-state index in [1.54, 1.807) is 14.2 Å². The summed E-state index contributed by atoms with van der Waals surface area (Å²) >= 11 is 0. The van der Waals surface area contributed by atoms with Crippen LogP contribution in [0.1, 0.15) is 0 Å². The predicted octanol–water partition coefficient (Wildman–Crippen LogP) is 2.74. The van der Waals surface area contributed by atoms with E-state index in [2.05, 4.69) is 48.5 Å². The van der Waals surface area contributed by atoms with Crippen molar-refractivity contribution in [1.82, 2.24) is 0 Å². The summed E-state index contributed by atoms with van der Waals surface area (Å²) in [7, 11) is 2.91. The minimum atomic E-state index is -0.568. The summed E-state index contributed by atoms with van der Waals surface area (Å²) in [5.74, 6) is 0.0739. The van der Waals surface area contributed by atoms with E-state index in [-0.39, 0.29) is 5.85 Å². The molecule has 2 aromatic rings. The van der Waals surface area contributed by atoms with Crippen LogP contribution < -0.4 is 10.6 Å². The summed E-state index contributed by atoms with van der Waals surface area (Å²) in [5.41, 5.74) is 0. The number of ether oxygens (including phenoxy) is 2. The van der Waals surface area contributed by atoms with Crippen molar-refractivity contribution in [2.45, 2.75) is 5.85 Å². The van der Waals surface area contributed by atoms with Crippen molar-refractivity contribution >= 4 is 18.5 Å². The van der Waals surface area contributed by atoms with Gasteiger partial charge in [0.25, 0.3) is 0 Å². The summed E-state index contributed by atoms with van der Waals surface area (Å²) in [5, 5.41) is 2.63. The van der Waals surface area contributed by atoms with Crippen LogP contribution in [-0.2, 0) is 9.47 Å². The molecule has 0 bridgehead atoms. The minimum Gasteiger partial charge on any atom is -0.382 e. The first-order valence-electron chi connectivity index (χ1n) is 6.28. The van der Waals surface area contributed by atoms with Gasteiger partial charge in [0.15, 0.2) is 0 Å². The van der Waals surface area contributed by atoms with Crippen LogP contribution in [0.15, 0.2) is 60.7 Å². The molecule has 0 N–H and O–H groups in total. The highest BCUT2D eigenvalue weighted by atomic mass is 31.1. The molecular weight excluding hydrogens is 255 g/mol. The molecule has 0 radical (unpaired) electrons. The van der Waals surface area contributed by atoms with Gasteiger partial charge in [-0.15, -0.1) is 0 Å². The summed E-state index contributed by atoms with van der Waals surface area (Å²) in [6.45, 7) is 0.603. The standard InChI is InChI=1S/C16H19O2P/c1-17-13-16(18-2)19(14-9-5-3-6-10-14)15-11-7-4-8-12-15/h3-12,16H,13H2,1-2H3. The van der Waals surface area contributed by atoms with Crippen LogP contribution in [0.2, 0.25) is 0 Å². The maximum atomic E-state index is 5.67. The SMILES string of the molecule is COCC(OC)P(c1ccccc1)c1ccccc1. The quantitative estimate of drug-likeness (QED) is 0.754. The third-order valence-corrected chi connectivity index (χ3v) is 5.58. The van der Waals surface area contributed by atoms with Crippen molar-refractivity contribution in [3.8, 4) is 0 Å². The molecule has 1 unspecified atom stereocenters. The van der Waals surface area contributed by atoms with Gasteiger partial charge in [0, 0.05) is 14.2 Å². The van der Waals surface area contributed by atoms with Crippen LogP contribution >= 0.6 is 7.92 Å². The summed E-state index contributed by atoms with van der Waals surface area (Å²) in [6.07, 6.45) is 0. The van der Waals surface area contributed by atoms with Gasteiger partial charge in [0.1, 0.15) is 5.85 Å². The van der Waals surface area contributed by atoms with E-state index in [1.807, 2.05) is 12.1 Å². The monoisotopic (exact) mass is 274 g/mol. The van der Waals surface area contributed by atoms with Gasteiger partial charge in [0.05, 0.1) is 6.61 Å². The van der Waals surface area contributed by atoms with Crippen LogP contribution in [0.25, 0.3) is 0 Å². The van der Waals surface area contributed by atoms with E-state index in [4.69, 9.17) is 9.47 Å². The van der Waals surface area contributed by atoms with Crippen LogP contribution in [0.3, 0.4) is 0 Å². The molecule has 2 nitrogen and oxygen atoms in total. The smallest absolute Gasteiger partial charge is 0.108 e. The molecule has 0 aliphatic carbocycles. The molecule has 2 rings (SSSR count). The molecular formula is C16H19O2P. The lowest BCUT2D eigenvalue weighted by Gasteiger charge is -2.26. The lowest BCUT2D eigenvalue weighted by atomic mass is 10.4. The van der Waals surface area contributed by atoms with Crippen LogP contribution in [0.5, 0.6) is 0 Å². The van der Waals surface area contributed by atoms with Crippen molar-refractivity contribution in [1.29, 1.82) is 0 Å². The Morgan fingerprint density at radius 3 is 1.68 bits per heavy atom. The van der Waals surface area contributed by atoms with E-state index in [9.17, 15) is 0 Å². The van der Waals surface area contributed by atoms with E-state index in [0.29, 0.717) is 6.61 Å². The van der Waals surface area contributed by atoms with Crippen LogP contribution in [0, 0.1) is 0 Å². The van der Waals surface area contributed by atoms with Gasteiger partial charge in [-0.05, 0) is 18.5 Å². The molecule has 0 saturated carbocycles. The zero-order valence-electron chi connectivity index (χ0n) is 11.3. The molecule has 100 valence electrons. The van der Waals surface area contributed by atoms with Crippen molar-refractivity contribution in [3.05, 3.63) is 60.7 Å². The third kappa shape index (κ3) is 3.63. The van der Waals surface area contributed by atoms with Crippen molar-refractivity contribution in [2.75, 3.05) is 20.8 Å². The first kappa shape index (κ1) is 14.2. The molecule has 0 fully saturated rings. The number of hydrogen-bond donors (Lipinski definition) is 0. The molecule has 0 aromatic heterocycles. The molecule has 2 aromatic carbocycles. The Morgan fingerprint density at radius 2 is 1.32 bits per heavy atom. The summed E-state index contributed by atoms with van der Waals surface area (Å²) in [6, 6.07) is 21.1. The Bertz CT molecular complexity index is 433. The fourth-order valence-corrected chi connectivity index (χ4v) is 4.51. The minimum absolute atomic E-state index is 0.0739. The van der Waals surface area contributed by atoms with E-state index >= 15 is 0 Å². The van der Waals surface area contributed by atoms with E-state index in [0.717, 1.165) is 0 Å². The van der Waals surface area contributed by atoms with Crippen molar-refractivity contribution in [2.24, 2.45) is 0 Å². The molecule has 0 aliphatic heterocycles. The molecule has 0 spiro atoms. The molecule has 0 amide bonds. The first-order chi connectivity index (χ1) is 9.36. The second-order valence-corrected chi connectivity index (χ2v) is 6.54. The number of hydrogen-bond acceptors (Lipinski definition) is 2. The zero-order chi connectivity index (χ0) is 13.5. The lowest BCUT2D eigenvalue weighted by molar-refractivity contribution is 0.0788. The molecule has 0 saturated heterocycles. The van der Waals surface area contributed by atoms with Gasteiger partial charge in [0.2, 0.25) is 0 Å². The van der Waals surface area contributed by atoms with E-state index in [1.165, 1.54) is 10.6 Å². The van der Waals surface area contributed by atoms with Crippen LogP contribution in [0.4, 0.5) is 0 Å². The highest BCUT2D eigenvalue weighted by Crippen LogP contribution is 2.39.